The minimum atomic E-state index is -0.550. The second-order valence-electron chi connectivity index (χ2n) is 9.26. The minimum Gasteiger partial charge on any atom is -0.432 e. The van der Waals surface area contributed by atoms with Crippen molar-refractivity contribution in [2.45, 2.75) is 70.3 Å². The molecule has 30 heavy (non-hydrogen) atoms. The summed E-state index contributed by atoms with van der Waals surface area (Å²) in [5.41, 5.74) is 1.75. The lowest BCUT2D eigenvalue weighted by Gasteiger charge is -2.26. The molecule has 0 radical (unpaired) electrons. The second-order valence-corrected chi connectivity index (χ2v) is 9.26. The van der Waals surface area contributed by atoms with Crippen LogP contribution in [0.2, 0.25) is 0 Å². The topological polar surface area (TPSA) is 125 Å². The molecule has 3 amide bonds. The Labute approximate surface area is 175 Å². The van der Waals surface area contributed by atoms with Crippen LogP contribution in [0.5, 0.6) is 0 Å². The lowest BCUT2D eigenvalue weighted by atomic mass is 9.88. The highest BCUT2D eigenvalue weighted by atomic mass is 16.5. The number of hydroxylamine groups is 1. The van der Waals surface area contributed by atoms with Crippen LogP contribution in [-0.4, -0.2) is 45.4 Å². The number of hydrogen-bond acceptors (Lipinski definition) is 6. The van der Waals surface area contributed by atoms with Crippen LogP contribution in [0.15, 0.2) is 16.9 Å². The molecular weight excluding hydrogens is 388 g/mol. The highest BCUT2D eigenvalue weighted by Crippen LogP contribution is 2.55. The summed E-state index contributed by atoms with van der Waals surface area (Å²) in [5.74, 6) is -0.468. The number of rotatable bonds is 8. The number of aromatic nitrogens is 1. The van der Waals surface area contributed by atoms with Gasteiger partial charge in [-0.3, -0.25) is 24.9 Å². The zero-order valence-electron chi connectivity index (χ0n) is 17.1. The fraction of sp³-hybridized carbons (Fsp3) is 0.714. The Kier molecular flexibility index (Phi) is 6.08. The number of hydrogen-bond donors (Lipinski definition) is 3. The van der Waals surface area contributed by atoms with Crippen LogP contribution in [0.3, 0.4) is 0 Å². The van der Waals surface area contributed by atoms with Gasteiger partial charge in [-0.25, -0.2) is 10.5 Å². The Balaban J connectivity index is 1.42. The number of nitrogens with one attached hydrogen (secondary N) is 2. The van der Waals surface area contributed by atoms with Crippen LogP contribution in [0, 0.1) is 17.3 Å². The van der Waals surface area contributed by atoms with E-state index in [0.29, 0.717) is 18.9 Å². The first-order valence-electron chi connectivity index (χ1n) is 10.9. The van der Waals surface area contributed by atoms with Crippen LogP contribution >= 0.6 is 0 Å². The van der Waals surface area contributed by atoms with E-state index in [0.717, 1.165) is 32.1 Å². The number of oxazole rings is 1. The summed E-state index contributed by atoms with van der Waals surface area (Å²) >= 11 is 0. The number of carbonyl (C=O) groups excluding carboxylic acids is 3. The molecule has 0 unspecified atom stereocenters. The van der Waals surface area contributed by atoms with Crippen molar-refractivity contribution in [1.29, 1.82) is 0 Å². The van der Waals surface area contributed by atoms with E-state index in [1.807, 2.05) is 0 Å². The van der Waals surface area contributed by atoms with Gasteiger partial charge in [0.2, 0.25) is 11.8 Å². The van der Waals surface area contributed by atoms with Gasteiger partial charge < -0.3 is 9.32 Å². The smallest absolute Gasteiger partial charge is 0.301 e. The van der Waals surface area contributed by atoms with E-state index in [4.69, 9.17) is 9.62 Å². The second kappa shape index (κ2) is 8.75. The fourth-order valence-corrected chi connectivity index (χ4v) is 5.19. The van der Waals surface area contributed by atoms with Gasteiger partial charge in [0, 0.05) is 19.4 Å². The van der Waals surface area contributed by atoms with Gasteiger partial charge in [-0.1, -0.05) is 25.7 Å². The quantitative estimate of drug-likeness (QED) is 0.440. The average molecular weight is 418 g/mol. The van der Waals surface area contributed by atoms with Crippen LogP contribution in [0.1, 0.15) is 64.2 Å². The summed E-state index contributed by atoms with van der Waals surface area (Å²) < 4.78 is 5.11. The zero-order valence-corrected chi connectivity index (χ0v) is 17.1. The van der Waals surface area contributed by atoms with Crippen molar-refractivity contribution in [3.05, 3.63) is 12.5 Å². The zero-order chi connectivity index (χ0) is 21.1. The van der Waals surface area contributed by atoms with Gasteiger partial charge in [-0.15, -0.1) is 0 Å². The molecular formula is C21H30N4O5. The lowest BCUT2D eigenvalue weighted by Crippen LogP contribution is -2.44. The first-order valence-corrected chi connectivity index (χ1v) is 10.9. The SMILES string of the molecule is O=C(C[C@@H](CC(=O)N1CC2(CC2)C[C@H]1C(=O)Nc1ncco1)CC1CCCC1)NO. The molecule has 4 rings (SSSR count). The molecule has 3 aliphatic rings. The maximum absolute atomic E-state index is 13.2. The highest BCUT2D eigenvalue weighted by Gasteiger charge is 2.55. The molecule has 1 spiro atoms. The maximum atomic E-state index is 13.2. The molecule has 3 fully saturated rings. The van der Waals surface area contributed by atoms with Crippen LogP contribution in [0.25, 0.3) is 0 Å². The minimum absolute atomic E-state index is 0.0533. The van der Waals surface area contributed by atoms with E-state index >= 15 is 0 Å². The Hall–Kier alpha value is -2.42. The summed E-state index contributed by atoms with van der Waals surface area (Å²) in [6.45, 7) is 0.581. The largest absolute Gasteiger partial charge is 0.432 e. The van der Waals surface area contributed by atoms with Crippen molar-refractivity contribution >= 4 is 23.7 Å². The van der Waals surface area contributed by atoms with Crippen LogP contribution < -0.4 is 10.8 Å². The first-order chi connectivity index (χ1) is 14.5. The average Bonchev–Trinajstić information content (AvgIpc) is 3.14. The highest BCUT2D eigenvalue weighted by molar-refractivity contribution is 5.96. The number of anilines is 1. The molecule has 0 aromatic carbocycles. The molecule has 1 aromatic heterocycles. The Morgan fingerprint density at radius 3 is 2.67 bits per heavy atom. The van der Waals surface area contributed by atoms with Crippen LogP contribution in [0.4, 0.5) is 6.01 Å². The molecule has 9 heteroatoms. The van der Waals surface area contributed by atoms with E-state index in [2.05, 4.69) is 10.3 Å². The van der Waals surface area contributed by atoms with Gasteiger partial charge in [-0.2, -0.15) is 0 Å². The molecule has 1 aromatic rings. The third kappa shape index (κ3) is 4.83. The summed E-state index contributed by atoms with van der Waals surface area (Å²) in [5, 5.41) is 11.6. The Morgan fingerprint density at radius 1 is 1.27 bits per heavy atom. The van der Waals surface area contributed by atoms with Gasteiger partial charge in [-0.05, 0) is 42.9 Å². The van der Waals surface area contributed by atoms with Crippen molar-refractivity contribution in [1.82, 2.24) is 15.4 Å². The third-order valence-electron chi connectivity index (χ3n) is 6.95. The summed E-state index contributed by atoms with van der Waals surface area (Å²) in [6, 6.07) is -0.423. The molecule has 2 atom stereocenters. The van der Waals surface area contributed by atoms with Gasteiger partial charge in [0.05, 0.1) is 6.20 Å². The number of nitrogens with zero attached hydrogens (tertiary/aromatic N) is 2. The van der Waals surface area contributed by atoms with Crippen molar-refractivity contribution in [3.8, 4) is 0 Å². The lowest BCUT2D eigenvalue weighted by molar-refractivity contribution is -0.138. The van der Waals surface area contributed by atoms with Crippen molar-refractivity contribution < 1.29 is 24.0 Å². The van der Waals surface area contributed by atoms with E-state index in [-0.39, 0.29) is 42.0 Å². The van der Waals surface area contributed by atoms with E-state index < -0.39 is 11.9 Å². The van der Waals surface area contributed by atoms with Gasteiger partial charge >= 0.3 is 6.01 Å². The maximum Gasteiger partial charge on any atom is 0.301 e. The standard InChI is InChI=1S/C21H30N4O5/c26-17(24-29)10-15(9-14-3-1-2-4-14)11-18(27)25-13-21(5-6-21)12-16(25)19(28)23-20-22-7-8-30-20/h7-8,14-16,29H,1-6,9-13H2,(H,24,26)(H,22,23,28)/t15-,16-/m0/s1. The molecule has 2 aliphatic carbocycles. The molecule has 3 N–H and O–H groups in total. The molecule has 1 aliphatic heterocycles. The summed E-state index contributed by atoms with van der Waals surface area (Å²) in [4.78, 5) is 43.5. The Bertz CT molecular complexity index is 770. The van der Waals surface area contributed by atoms with Gasteiger partial charge in [0.25, 0.3) is 5.91 Å². The van der Waals surface area contributed by atoms with Gasteiger partial charge in [0.15, 0.2) is 0 Å². The third-order valence-corrected chi connectivity index (χ3v) is 6.95. The van der Waals surface area contributed by atoms with Crippen molar-refractivity contribution in [3.63, 3.8) is 0 Å². The fourth-order valence-electron chi connectivity index (χ4n) is 5.19. The van der Waals surface area contributed by atoms with E-state index in [9.17, 15) is 14.4 Å². The predicted molar refractivity (Wildman–Crippen MR) is 106 cm³/mol. The molecule has 1 saturated heterocycles. The normalized spacial score (nSPS) is 23.5. The number of carbonyl (C=O) groups is 3. The molecule has 2 heterocycles. The van der Waals surface area contributed by atoms with Crippen LogP contribution in [-0.2, 0) is 14.4 Å². The van der Waals surface area contributed by atoms with E-state index in [1.54, 1.807) is 10.4 Å². The molecule has 2 saturated carbocycles. The predicted octanol–water partition coefficient (Wildman–Crippen LogP) is 2.48. The van der Waals surface area contributed by atoms with E-state index in [1.165, 1.54) is 25.3 Å². The Morgan fingerprint density at radius 2 is 2.03 bits per heavy atom. The number of likely N-dealkylation sites (tertiary alicyclic amines) is 1. The molecule has 0 bridgehead atoms. The van der Waals surface area contributed by atoms with Crippen molar-refractivity contribution in [2.75, 3.05) is 11.9 Å². The monoisotopic (exact) mass is 418 g/mol. The first kappa shape index (κ1) is 20.8. The molecule has 164 valence electrons. The van der Waals surface area contributed by atoms with Gasteiger partial charge in [0.1, 0.15) is 12.3 Å². The molecule has 9 nitrogen and oxygen atoms in total. The summed E-state index contributed by atoms with van der Waals surface area (Å²) in [7, 11) is 0. The van der Waals surface area contributed by atoms with Crippen molar-refractivity contribution in [2.24, 2.45) is 17.3 Å². The number of amides is 3. The summed E-state index contributed by atoms with van der Waals surface area (Å²) in [6.07, 6.45) is 11.3.